The third-order valence-corrected chi connectivity index (χ3v) is 3.86. The van der Waals surface area contributed by atoms with Gasteiger partial charge in [0, 0.05) is 16.5 Å². The molecule has 1 aromatic rings. The van der Waals surface area contributed by atoms with E-state index in [0.717, 1.165) is 0 Å². The average Bonchev–Trinajstić information content (AvgIpc) is 2.38. The predicted octanol–water partition coefficient (Wildman–Crippen LogP) is 2.33. The van der Waals surface area contributed by atoms with Crippen LogP contribution in [0.3, 0.4) is 0 Å². The van der Waals surface area contributed by atoms with Crippen LogP contribution in [0.5, 0.6) is 0 Å². The van der Waals surface area contributed by atoms with Gasteiger partial charge in [-0.05, 0) is 38.1 Å². The van der Waals surface area contributed by atoms with E-state index in [4.69, 9.17) is 5.11 Å². The number of rotatable bonds is 6. The molecular formula is C14H19NO3S. The number of anilines is 1. The van der Waals surface area contributed by atoms with Crippen molar-refractivity contribution < 1.29 is 14.7 Å². The molecule has 0 aliphatic heterocycles. The molecular weight excluding hydrogens is 262 g/mol. The number of carbonyl (C=O) groups excluding carboxylic acids is 2. The van der Waals surface area contributed by atoms with E-state index in [0.29, 0.717) is 11.3 Å². The van der Waals surface area contributed by atoms with E-state index in [1.165, 1.54) is 18.7 Å². The molecule has 0 aliphatic rings. The maximum atomic E-state index is 11.9. The van der Waals surface area contributed by atoms with Gasteiger partial charge in [-0.2, -0.15) is 0 Å². The van der Waals surface area contributed by atoms with Gasteiger partial charge in [-0.25, -0.2) is 0 Å². The highest BCUT2D eigenvalue weighted by atomic mass is 32.2. The Morgan fingerprint density at radius 2 is 1.84 bits per heavy atom. The van der Waals surface area contributed by atoms with Gasteiger partial charge in [0.2, 0.25) is 5.91 Å². The molecule has 0 unspecified atom stereocenters. The highest BCUT2D eigenvalue weighted by molar-refractivity contribution is 8.01. The van der Waals surface area contributed by atoms with Gasteiger partial charge in [-0.15, -0.1) is 11.8 Å². The smallest absolute Gasteiger partial charge is 0.237 e. The van der Waals surface area contributed by atoms with Crippen LogP contribution in [-0.2, 0) is 4.79 Å². The highest BCUT2D eigenvalue weighted by Crippen LogP contribution is 2.19. The van der Waals surface area contributed by atoms with Crippen molar-refractivity contribution in [2.75, 3.05) is 11.9 Å². The normalized spacial score (nSPS) is 13.7. The molecule has 104 valence electrons. The number of nitrogens with one attached hydrogen (secondary N) is 1. The van der Waals surface area contributed by atoms with E-state index in [2.05, 4.69) is 5.32 Å². The average molecular weight is 281 g/mol. The van der Waals surface area contributed by atoms with Crippen LogP contribution in [-0.4, -0.2) is 33.9 Å². The van der Waals surface area contributed by atoms with Gasteiger partial charge in [0.15, 0.2) is 5.78 Å². The third kappa shape index (κ3) is 5.04. The van der Waals surface area contributed by atoms with Crippen LogP contribution >= 0.6 is 11.8 Å². The number of aliphatic hydroxyl groups excluding tert-OH is 1. The summed E-state index contributed by atoms with van der Waals surface area (Å²) in [5.41, 5.74) is 1.29. The lowest BCUT2D eigenvalue weighted by Crippen LogP contribution is -2.25. The number of hydrogen-bond donors (Lipinski definition) is 2. The first kappa shape index (κ1) is 15.7. The number of amides is 1. The summed E-state index contributed by atoms with van der Waals surface area (Å²) in [5, 5.41) is 11.5. The van der Waals surface area contributed by atoms with Crippen molar-refractivity contribution in [3.63, 3.8) is 0 Å². The molecule has 2 atom stereocenters. The number of benzene rings is 1. The fourth-order valence-corrected chi connectivity index (χ4v) is 2.45. The topological polar surface area (TPSA) is 66.4 Å². The quantitative estimate of drug-likeness (QED) is 0.785. The number of carbonyl (C=O) groups is 2. The predicted molar refractivity (Wildman–Crippen MR) is 78.7 cm³/mol. The second-order valence-corrected chi connectivity index (χ2v) is 6.18. The molecule has 0 fully saturated rings. The van der Waals surface area contributed by atoms with Crippen molar-refractivity contribution in [1.82, 2.24) is 0 Å². The van der Waals surface area contributed by atoms with Crippen molar-refractivity contribution in [3.05, 3.63) is 29.8 Å². The van der Waals surface area contributed by atoms with Crippen molar-refractivity contribution in [3.8, 4) is 0 Å². The van der Waals surface area contributed by atoms with Crippen LogP contribution in [0.25, 0.3) is 0 Å². The lowest BCUT2D eigenvalue weighted by atomic mass is 10.1. The first-order valence-corrected chi connectivity index (χ1v) is 7.06. The summed E-state index contributed by atoms with van der Waals surface area (Å²) in [6.07, 6.45) is 0. The molecule has 5 heteroatoms. The van der Waals surface area contributed by atoms with E-state index < -0.39 is 0 Å². The molecule has 0 saturated heterocycles. The first-order valence-electron chi connectivity index (χ1n) is 6.12. The van der Waals surface area contributed by atoms with E-state index in [9.17, 15) is 9.59 Å². The number of thioether (sulfide) groups is 1. The van der Waals surface area contributed by atoms with Gasteiger partial charge >= 0.3 is 0 Å². The van der Waals surface area contributed by atoms with E-state index >= 15 is 0 Å². The minimum Gasteiger partial charge on any atom is -0.395 e. The molecule has 0 saturated carbocycles. The van der Waals surface area contributed by atoms with Crippen LogP contribution in [0.4, 0.5) is 5.69 Å². The van der Waals surface area contributed by atoms with E-state index in [1.807, 2.05) is 6.92 Å². The zero-order chi connectivity index (χ0) is 14.4. The highest BCUT2D eigenvalue weighted by Gasteiger charge is 2.16. The molecule has 1 aromatic carbocycles. The molecule has 0 aliphatic carbocycles. The van der Waals surface area contributed by atoms with Gasteiger partial charge in [-0.1, -0.05) is 6.92 Å². The maximum Gasteiger partial charge on any atom is 0.237 e. The largest absolute Gasteiger partial charge is 0.395 e. The second-order valence-electron chi connectivity index (χ2n) is 4.39. The summed E-state index contributed by atoms with van der Waals surface area (Å²) < 4.78 is 0. The molecule has 4 nitrogen and oxygen atoms in total. The molecule has 0 aromatic heterocycles. The molecule has 1 rings (SSSR count). The minimum atomic E-state index is -0.241. The monoisotopic (exact) mass is 281 g/mol. The Morgan fingerprint density at radius 3 is 2.32 bits per heavy atom. The summed E-state index contributed by atoms with van der Waals surface area (Å²) in [6, 6.07) is 6.79. The summed E-state index contributed by atoms with van der Waals surface area (Å²) in [5.74, 6) is -0.112. The van der Waals surface area contributed by atoms with Gasteiger partial charge in [0.05, 0.1) is 11.9 Å². The van der Waals surface area contributed by atoms with Crippen molar-refractivity contribution in [2.45, 2.75) is 31.3 Å². The first-order chi connectivity index (χ1) is 8.93. The van der Waals surface area contributed by atoms with Gasteiger partial charge in [-0.3, -0.25) is 9.59 Å². The summed E-state index contributed by atoms with van der Waals surface area (Å²) in [6.45, 7) is 5.23. The van der Waals surface area contributed by atoms with Gasteiger partial charge in [0.1, 0.15) is 0 Å². The Kier molecular flexibility index (Phi) is 6.05. The Labute approximate surface area is 117 Å². The number of hydrogen-bond acceptors (Lipinski definition) is 4. The summed E-state index contributed by atoms with van der Waals surface area (Å²) in [7, 11) is 0. The molecule has 0 bridgehead atoms. The zero-order valence-electron chi connectivity index (χ0n) is 11.3. The molecule has 19 heavy (non-hydrogen) atoms. The lowest BCUT2D eigenvalue weighted by molar-refractivity contribution is -0.115. The zero-order valence-corrected chi connectivity index (χ0v) is 12.2. The molecule has 0 heterocycles. The Balaban J connectivity index is 2.59. The van der Waals surface area contributed by atoms with Crippen LogP contribution in [0.2, 0.25) is 0 Å². The van der Waals surface area contributed by atoms with E-state index in [-0.39, 0.29) is 28.8 Å². The second kappa shape index (κ2) is 7.31. The van der Waals surface area contributed by atoms with E-state index in [1.54, 1.807) is 31.2 Å². The standard InChI is InChI=1S/C14H19NO3S/c1-9(8-16)19-11(3)14(18)15-13-6-4-12(5-7-13)10(2)17/h4-7,9,11,16H,8H2,1-3H3,(H,15,18)/t9-,11+/m1/s1. The van der Waals surface area contributed by atoms with Gasteiger partial charge in [0.25, 0.3) is 0 Å². The molecule has 0 spiro atoms. The van der Waals surface area contributed by atoms with Crippen molar-refractivity contribution in [1.29, 1.82) is 0 Å². The lowest BCUT2D eigenvalue weighted by Gasteiger charge is -2.15. The summed E-state index contributed by atoms with van der Waals surface area (Å²) in [4.78, 5) is 23.0. The van der Waals surface area contributed by atoms with Crippen LogP contribution < -0.4 is 5.32 Å². The van der Waals surface area contributed by atoms with Crippen molar-refractivity contribution in [2.24, 2.45) is 0 Å². The Hall–Kier alpha value is -1.33. The van der Waals surface area contributed by atoms with Crippen molar-refractivity contribution >= 4 is 29.1 Å². The Bertz CT molecular complexity index is 445. The molecule has 0 radical (unpaired) electrons. The van der Waals surface area contributed by atoms with Crippen LogP contribution in [0.15, 0.2) is 24.3 Å². The molecule has 1 amide bonds. The Morgan fingerprint density at radius 1 is 1.26 bits per heavy atom. The number of ketones is 1. The number of Topliss-reactive ketones (excluding diaryl/α,β-unsaturated/α-hetero) is 1. The fraction of sp³-hybridized carbons (Fsp3) is 0.429. The van der Waals surface area contributed by atoms with Gasteiger partial charge < -0.3 is 10.4 Å². The fourth-order valence-electron chi connectivity index (χ4n) is 1.49. The molecule has 2 N–H and O–H groups in total. The maximum absolute atomic E-state index is 11.9. The SMILES string of the molecule is CC(=O)c1ccc(NC(=O)[C@H](C)S[C@H](C)CO)cc1. The third-order valence-electron chi connectivity index (χ3n) is 2.62. The van der Waals surface area contributed by atoms with Crippen LogP contribution in [0.1, 0.15) is 31.1 Å². The summed E-state index contributed by atoms with van der Waals surface area (Å²) >= 11 is 1.42. The number of aliphatic hydroxyl groups is 1. The minimum absolute atomic E-state index is 0.00132. The van der Waals surface area contributed by atoms with Crippen LogP contribution in [0, 0.1) is 0 Å².